The van der Waals surface area contributed by atoms with Gasteiger partial charge in [-0.1, -0.05) is 24.8 Å². The third-order valence-electron chi connectivity index (χ3n) is 3.29. The summed E-state index contributed by atoms with van der Waals surface area (Å²) < 4.78 is 5.54. The van der Waals surface area contributed by atoms with E-state index in [9.17, 15) is 4.79 Å². The molecule has 0 N–H and O–H groups in total. The van der Waals surface area contributed by atoms with Crippen LogP contribution in [-0.2, 0) is 0 Å². The Hall–Kier alpha value is -1.77. The van der Waals surface area contributed by atoms with E-state index >= 15 is 0 Å². The molecule has 96 valence electrons. The zero-order valence-electron chi connectivity index (χ0n) is 10.8. The van der Waals surface area contributed by atoms with Crippen LogP contribution in [0.5, 0.6) is 5.75 Å². The second-order valence-corrected chi connectivity index (χ2v) is 4.59. The van der Waals surface area contributed by atoms with E-state index in [-0.39, 0.29) is 5.91 Å². The zero-order chi connectivity index (χ0) is 13.0. The Kier molecular flexibility index (Phi) is 4.03. The highest BCUT2D eigenvalue weighted by Crippen LogP contribution is 2.24. The lowest BCUT2D eigenvalue weighted by atomic mass is 10.1. The molecule has 1 aromatic carbocycles. The van der Waals surface area contributed by atoms with Crippen LogP contribution in [-0.4, -0.2) is 30.0 Å². The van der Waals surface area contributed by atoms with E-state index in [0.29, 0.717) is 24.0 Å². The summed E-state index contributed by atoms with van der Waals surface area (Å²) in [6.45, 7) is 6.97. The van der Waals surface area contributed by atoms with E-state index in [0.717, 1.165) is 19.4 Å². The average molecular weight is 245 g/mol. The van der Waals surface area contributed by atoms with Gasteiger partial charge in [-0.2, -0.15) is 0 Å². The first-order valence-electron chi connectivity index (χ1n) is 6.37. The summed E-state index contributed by atoms with van der Waals surface area (Å²) in [6.07, 6.45) is 3.85. The number of likely N-dealkylation sites (tertiary alicyclic amines) is 1. The summed E-state index contributed by atoms with van der Waals surface area (Å²) in [5.41, 5.74) is 0.646. The predicted octanol–water partition coefficient (Wildman–Crippen LogP) is 2.88. The number of hydrogen-bond donors (Lipinski definition) is 0. The van der Waals surface area contributed by atoms with Crippen LogP contribution >= 0.6 is 0 Å². The van der Waals surface area contributed by atoms with Gasteiger partial charge in [0.25, 0.3) is 5.91 Å². The first kappa shape index (κ1) is 12.7. The molecule has 0 aliphatic carbocycles. The topological polar surface area (TPSA) is 29.5 Å². The Morgan fingerprint density at radius 1 is 1.56 bits per heavy atom. The van der Waals surface area contributed by atoms with Gasteiger partial charge in [-0.15, -0.1) is 0 Å². The van der Waals surface area contributed by atoms with Gasteiger partial charge >= 0.3 is 0 Å². The van der Waals surface area contributed by atoms with E-state index in [4.69, 9.17) is 4.74 Å². The molecule has 1 fully saturated rings. The fourth-order valence-corrected chi connectivity index (χ4v) is 2.31. The summed E-state index contributed by atoms with van der Waals surface area (Å²) in [7, 11) is 0. The molecule has 0 aromatic heterocycles. The molecule has 3 heteroatoms. The fourth-order valence-electron chi connectivity index (χ4n) is 2.31. The quantitative estimate of drug-likeness (QED) is 0.763. The summed E-state index contributed by atoms with van der Waals surface area (Å²) in [4.78, 5) is 14.4. The van der Waals surface area contributed by atoms with Gasteiger partial charge in [0.1, 0.15) is 12.4 Å². The van der Waals surface area contributed by atoms with Gasteiger partial charge in [-0.05, 0) is 31.9 Å². The van der Waals surface area contributed by atoms with Crippen LogP contribution in [0.3, 0.4) is 0 Å². The number of ether oxygens (including phenoxy) is 1. The van der Waals surface area contributed by atoms with Gasteiger partial charge < -0.3 is 9.64 Å². The van der Waals surface area contributed by atoms with Crippen LogP contribution in [0.25, 0.3) is 0 Å². The van der Waals surface area contributed by atoms with Gasteiger partial charge in [0.15, 0.2) is 0 Å². The lowest BCUT2D eigenvalue weighted by Crippen LogP contribution is -2.33. The lowest BCUT2D eigenvalue weighted by molar-refractivity contribution is 0.0743. The SMILES string of the molecule is C=CCOc1ccccc1C(=O)N1CCCC1C. The van der Waals surface area contributed by atoms with Crippen LogP contribution in [0, 0.1) is 0 Å². The van der Waals surface area contributed by atoms with Crippen LogP contribution in [0.15, 0.2) is 36.9 Å². The molecule has 1 atom stereocenters. The number of rotatable bonds is 4. The molecule has 0 spiro atoms. The minimum atomic E-state index is 0.0691. The molecule has 0 bridgehead atoms. The first-order valence-corrected chi connectivity index (χ1v) is 6.37. The second kappa shape index (κ2) is 5.71. The maximum Gasteiger partial charge on any atom is 0.257 e. The molecule has 0 radical (unpaired) electrons. The van der Waals surface area contributed by atoms with Crippen molar-refractivity contribution in [2.24, 2.45) is 0 Å². The lowest BCUT2D eigenvalue weighted by Gasteiger charge is -2.22. The summed E-state index contributed by atoms with van der Waals surface area (Å²) in [5.74, 6) is 0.709. The molecule has 2 rings (SSSR count). The summed E-state index contributed by atoms with van der Waals surface area (Å²) in [6, 6.07) is 7.73. The van der Waals surface area contributed by atoms with Gasteiger partial charge in [0.05, 0.1) is 5.56 Å². The fraction of sp³-hybridized carbons (Fsp3) is 0.400. The molecule has 1 unspecified atom stereocenters. The van der Waals surface area contributed by atoms with Crippen molar-refractivity contribution in [1.82, 2.24) is 4.90 Å². The van der Waals surface area contributed by atoms with E-state index in [1.807, 2.05) is 29.2 Å². The Morgan fingerprint density at radius 2 is 2.33 bits per heavy atom. The van der Waals surface area contributed by atoms with Crippen molar-refractivity contribution in [2.45, 2.75) is 25.8 Å². The Morgan fingerprint density at radius 3 is 3.00 bits per heavy atom. The van der Waals surface area contributed by atoms with Crippen molar-refractivity contribution in [1.29, 1.82) is 0 Å². The minimum absolute atomic E-state index is 0.0691. The van der Waals surface area contributed by atoms with Gasteiger partial charge in [0.2, 0.25) is 0 Å². The van der Waals surface area contributed by atoms with Crippen LogP contribution in [0.2, 0.25) is 0 Å². The minimum Gasteiger partial charge on any atom is -0.489 e. The molecule has 1 aromatic rings. The average Bonchev–Trinajstić information content (AvgIpc) is 2.82. The predicted molar refractivity (Wildman–Crippen MR) is 71.9 cm³/mol. The molecule has 18 heavy (non-hydrogen) atoms. The molecule has 1 heterocycles. The molecule has 1 aliphatic heterocycles. The van der Waals surface area contributed by atoms with E-state index in [1.165, 1.54) is 0 Å². The molecular weight excluding hydrogens is 226 g/mol. The Bertz CT molecular complexity index is 442. The normalized spacial score (nSPS) is 18.7. The van der Waals surface area contributed by atoms with Gasteiger partial charge in [-0.3, -0.25) is 4.79 Å². The van der Waals surface area contributed by atoms with Crippen molar-refractivity contribution in [3.8, 4) is 5.75 Å². The first-order chi connectivity index (χ1) is 8.74. The third kappa shape index (κ3) is 2.55. The highest BCUT2D eigenvalue weighted by Gasteiger charge is 2.27. The van der Waals surface area contributed by atoms with Crippen molar-refractivity contribution in [3.63, 3.8) is 0 Å². The van der Waals surface area contributed by atoms with Crippen molar-refractivity contribution in [3.05, 3.63) is 42.5 Å². The number of carbonyl (C=O) groups excluding carboxylic acids is 1. The smallest absolute Gasteiger partial charge is 0.257 e. The molecule has 0 saturated carbocycles. The second-order valence-electron chi connectivity index (χ2n) is 4.59. The van der Waals surface area contributed by atoms with Crippen LogP contribution in [0.4, 0.5) is 0 Å². The standard InChI is InChI=1S/C15H19NO2/c1-3-11-18-14-9-5-4-8-13(14)15(17)16-10-6-7-12(16)2/h3-5,8-9,12H,1,6-7,10-11H2,2H3. The molecular formula is C15H19NO2. The Labute approximate surface area is 108 Å². The van der Waals surface area contributed by atoms with E-state index in [2.05, 4.69) is 13.5 Å². The monoisotopic (exact) mass is 245 g/mol. The number of carbonyl (C=O) groups is 1. The maximum atomic E-state index is 12.5. The number of hydrogen-bond acceptors (Lipinski definition) is 2. The zero-order valence-corrected chi connectivity index (χ0v) is 10.8. The van der Waals surface area contributed by atoms with Gasteiger partial charge in [-0.25, -0.2) is 0 Å². The number of para-hydroxylation sites is 1. The van der Waals surface area contributed by atoms with Crippen molar-refractivity contribution >= 4 is 5.91 Å². The largest absolute Gasteiger partial charge is 0.489 e. The molecule has 1 aliphatic rings. The van der Waals surface area contributed by atoms with Crippen LogP contribution < -0.4 is 4.74 Å². The number of nitrogens with zero attached hydrogens (tertiary/aromatic N) is 1. The molecule has 3 nitrogen and oxygen atoms in total. The highest BCUT2D eigenvalue weighted by molar-refractivity contribution is 5.97. The maximum absolute atomic E-state index is 12.5. The number of benzene rings is 1. The summed E-state index contributed by atoms with van der Waals surface area (Å²) >= 11 is 0. The highest BCUT2D eigenvalue weighted by atomic mass is 16.5. The van der Waals surface area contributed by atoms with Gasteiger partial charge in [0, 0.05) is 12.6 Å². The summed E-state index contributed by atoms with van der Waals surface area (Å²) in [5, 5.41) is 0. The third-order valence-corrected chi connectivity index (χ3v) is 3.29. The van der Waals surface area contributed by atoms with Crippen molar-refractivity contribution in [2.75, 3.05) is 13.2 Å². The Balaban J connectivity index is 2.21. The molecule has 1 amide bonds. The van der Waals surface area contributed by atoms with Crippen LogP contribution in [0.1, 0.15) is 30.1 Å². The van der Waals surface area contributed by atoms with E-state index in [1.54, 1.807) is 6.08 Å². The van der Waals surface area contributed by atoms with Crippen molar-refractivity contribution < 1.29 is 9.53 Å². The number of amides is 1. The molecule has 1 saturated heterocycles. The van der Waals surface area contributed by atoms with E-state index < -0.39 is 0 Å².